The standard InChI is InChI=1S/C40H16N16.Zn/c1-2-10-18-17(9-1)41-25-26(42-18)34-49-33(25)53-35-27-28(44-20-12-4-3-11-19(20)43-27)37(50-35)55-39-31-32(48-24-16-8-7-15-23(24)47-31)40(52-39)56-38-30-29(36(51-38)54-34)45-21-13-5-6-14-22(21)46-30;/h1-16H;/q-2;+2. The topological polar surface area (TPSA) is 209 Å². The molecular formula is C40H16N16Zn. The van der Waals surface area contributed by atoms with Crippen molar-refractivity contribution < 1.29 is 19.5 Å². The molecule has 13 rings (SSSR count). The summed E-state index contributed by atoms with van der Waals surface area (Å²) in [5.41, 5.74) is 9.60. The summed E-state index contributed by atoms with van der Waals surface area (Å²) in [6.07, 6.45) is 0. The van der Waals surface area contributed by atoms with Gasteiger partial charge in [0.1, 0.15) is 68.1 Å². The maximum atomic E-state index is 4.98. The molecule has 16 nitrogen and oxygen atoms in total. The van der Waals surface area contributed by atoms with Crippen LogP contribution in [0.4, 0.5) is 0 Å². The fourth-order valence-corrected chi connectivity index (χ4v) is 7.10. The van der Waals surface area contributed by atoms with Gasteiger partial charge in [0, 0.05) is 22.6 Å². The zero-order valence-electron chi connectivity index (χ0n) is 29.1. The van der Waals surface area contributed by atoms with Gasteiger partial charge in [-0.05, 0) is 48.5 Å². The SMILES string of the molecule is [Zn+2].c1ccc2nc3c(nc2c1)-c1nc-3nc2[n-]c(nc3nc(nc4[n-]c(n1)c1nc5ccccc5nc41)-c1nc4ccccc4nc1-3)c1nc3ccccc3nc21. The van der Waals surface area contributed by atoms with Crippen molar-refractivity contribution >= 4 is 88.8 Å². The molecule has 0 saturated carbocycles. The second-order valence-corrected chi connectivity index (χ2v) is 13.1. The van der Waals surface area contributed by atoms with E-state index in [1.54, 1.807) is 0 Å². The molecule has 0 aliphatic carbocycles. The molecule has 2 aliphatic heterocycles. The van der Waals surface area contributed by atoms with Crippen molar-refractivity contribution in [1.82, 2.24) is 79.7 Å². The molecule has 0 spiro atoms. The molecule has 0 atom stereocenters. The molecule has 9 heterocycles. The minimum atomic E-state index is 0. The van der Waals surface area contributed by atoms with Gasteiger partial charge in [0.15, 0.2) is 0 Å². The molecule has 7 aromatic heterocycles. The molecule has 0 unspecified atom stereocenters. The van der Waals surface area contributed by atoms with Crippen molar-refractivity contribution in [2.24, 2.45) is 0 Å². The first kappa shape index (κ1) is 31.6. The van der Waals surface area contributed by atoms with Crippen molar-refractivity contribution in [2.75, 3.05) is 0 Å². The average Bonchev–Trinajstić information content (AvgIpc) is 3.95. The smallest absolute Gasteiger partial charge is 0.354 e. The van der Waals surface area contributed by atoms with Crippen LogP contribution in [0.15, 0.2) is 97.1 Å². The summed E-state index contributed by atoms with van der Waals surface area (Å²) < 4.78 is 0. The number of hydrogen-bond acceptors (Lipinski definition) is 14. The van der Waals surface area contributed by atoms with Gasteiger partial charge in [-0.3, -0.25) is 0 Å². The van der Waals surface area contributed by atoms with E-state index >= 15 is 0 Å². The number of para-hydroxylation sites is 8. The summed E-state index contributed by atoms with van der Waals surface area (Å²) in [6.45, 7) is 0. The third-order valence-electron chi connectivity index (χ3n) is 9.67. The first-order valence-corrected chi connectivity index (χ1v) is 17.5. The zero-order chi connectivity index (χ0) is 36.5. The Hall–Kier alpha value is -7.78. The summed E-state index contributed by atoms with van der Waals surface area (Å²) in [6, 6.07) is 30.3. The van der Waals surface area contributed by atoms with Gasteiger partial charge in [-0.15, -0.1) is 0 Å². The van der Waals surface area contributed by atoms with Crippen molar-refractivity contribution in [3.63, 3.8) is 0 Å². The van der Waals surface area contributed by atoms with Gasteiger partial charge in [0.25, 0.3) is 0 Å². The number of fused-ring (bicyclic) bond motifs is 24. The molecule has 57 heavy (non-hydrogen) atoms. The van der Waals surface area contributed by atoms with E-state index in [1.165, 1.54) is 0 Å². The Labute approximate surface area is 329 Å². The van der Waals surface area contributed by atoms with Crippen LogP contribution in [0, 0.1) is 0 Å². The fraction of sp³-hybridized carbons (Fsp3) is 0. The Kier molecular flexibility index (Phi) is 6.43. The van der Waals surface area contributed by atoms with E-state index in [0.717, 1.165) is 0 Å². The fourth-order valence-electron chi connectivity index (χ4n) is 7.10. The van der Waals surface area contributed by atoms with E-state index < -0.39 is 0 Å². The van der Waals surface area contributed by atoms with E-state index in [0.29, 0.717) is 89.0 Å². The van der Waals surface area contributed by atoms with Gasteiger partial charge in [0.05, 0.1) is 44.1 Å². The molecule has 258 valence electrons. The molecular weight excluding hydrogens is 770 g/mol. The van der Waals surface area contributed by atoms with Gasteiger partial charge in [-0.1, -0.05) is 48.5 Å². The van der Waals surface area contributed by atoms with Crippen LogP contribution in [-0.4, -0.2) is 69.8 Å². The summed E-state index contributed by atoms with van der Waals surface area (Å²) in [5.74, 6) is 0.940. The minimum absolute atomic E-state index is 0. The third kappa shape index (κ3) is 4.69. The first-order chi connectivity index (χ1) is 27.7. The maximum Gasteiger partial charge on any atom is 2.00 e. The molecule has 17 heteroatoms. The van der Waals surface area contributed by atoms with Gasteiger partial charge in [-0.2, -0.15) is 0 Å². The van der Waals surface area contributed by atoms with Gasteiger partial charge in [-0.25, -0.2) is 49.8 Å². The van der Waals surface area contributed by atoms with E-state index in [2.05, 4.69) is 0 Å². The number of benzene rings is 4. The van der Waals surface area contributed by atoms with E-state index in [1.807, 2.05) is 97.1 Å². The van der Waals surface area contributed by atoms with Crippen molar-refractivity contribution in [2.45, 2.75) is 0 Å². The van der Waals surface area contributed by atoms with Crippen LogP contribution in [0.1, 0.15) is 0 Å². The molecule has 11 aromatic rings. The van der Waals surface area contributed by atoms with Crippen LogP contribution in [0.2, 0.25) is 0 Å². The number of hydrogen-bond donors (Lipinski definition) is 0. The van der Waals surface area contributed by atoms with Crippen molar-refractivity contribution in [1.29, 1.82) is 0 Å². The summed E-state index contributed by atoms with van der Waals surface area (Å²) in [5, 5.41) is 0. The Morgan fingerprint density at radius 2 is 0.456 bits per heavy atom. The molecule has 0 N–H and O–H groups in total. The second kappa shape index (κ2) is 11.6. The molecule has 0 fully saturated rings. The van der Waals surface area contributed by atoms with Crippen LogP contribution in [0.5, 0.6) is 0 Å². The monoisotopic (exact) mass is 784 g/mol. The minimum Gasteiger partial charge on any atom is -0.354 e. The van der Waals surface area contributed by atoms with E-state index in [-0.39, 0.29) is 65.4 Å². The predicted octanol–water partition coefficient (Wildman–Crippen LogP) is 5.90. The van der Waals surface area contributed by atoms with Crippen LogP contribution >= 0.6 is 0 Å². The Morgan fingerprint density at radius 3 is 0.684 bits per heavy atom. The molecule has 0 amide bonds. The van der Waals surface area contributed by atoms with Crippen molar-refractivity contribution in [3.8, 4) is 46.1 Å². The largest absolute Gasteiger partial charge is 2.00 e. The molecule has 8 bridgehead atoms. The molecule has 2 aliphatic rings. The number of nitrogens with zero attached hydrogens (tertiary/aromatic N) is 16. The predicted molar refractivity (Wildman–Crippen MR) is 206 cm³/mol. The normalized spacial score (nSPS) is 12.1. The number of rotatable bonds is 0. The number of aromatic nitrogens is 16. The van der Waals surface area contributed by atoms with Crippen LogP contribution < -0.4 is 9.97 Å². The maximum absolute atomic E-state index is 4.98. The van der Waals surface area contributed by atoms with Crippen LogP contribution in [0.3, 0.4) is 0 Å². The van der Waals surface area contributed by atoms with Crippen LogP contribution in [0.25, 0.3) is 135 Å². The van der Waals surface area contributed by atoms with Gasteiger partial charge >= 0.3 is 19.5 Å². The average molecular weight is 786 g/mol. The molecule has 0 saturated heterocycles. The molecule has 0 radical (unpaired) electrons. The third-order valence-corrected chi connectivity index (χ3v) is 9.67. The summed E-state index contributed by atoms with van der Waals surface area (Å²) in [4.78, 5) is 79.2. The molecule has 4 aromatic carbocycles. The Morgan fingerprint density at radius 1 is 0.246 bits per heavy atom. The summed E-state index contributed by atoms with van der Waals surface area (Å²) in [7, 11) is 0. The Bertz CT molecular complexity index is 3270. The van der Waals surface area contributed by atoms with Gasteiger partial charge in [0.2, 0.25) is 0 Å². The van der Waals surface area contributed by atoms with Crippen molar-refractivity contribution in [3.05, 3.63) is 97.1 Å². The van der Waals surface area contributed by atoms with Crippen LogP contribution in [-0.2, 0) is 19.5 Å². The summed E-state index contributed by atoms with van der Waals surface area (Å²) >= 11 is 0. The Balaban J connectivity index is 0.00000356. The van der Waals surface area contributed by atoms with E-state index in [4.69, 9.17) is 79.7 Å². The zero-order valence-corrected chi connectivity index (χ0v) is 32.1. The first-order valence-electron chi connectivity index (χ1n) is 17.5. The van der Waals surface area contributed by atoms with E-state index in [9.17, 15) is 0 Å². The van der Waals surface area contributed by atoms with Gasteiger partial charge < -0.3 is 29.9 Å². The second-order valence-electron chi connectivity index (χ2n) is 13.1. The quantitative estimate of drug-likeness (QED) is 0.164.